The van der Waals surface area contributed by atoms with Gasteiger partial charge in [0.25, 0.3) is 0 Å². The summed E-state index contributed by atoms with van der Waals surface area (Å²) in [5.74, 6) is 0.660. The van der Waals surface area contributed by atoms with Gasteiger partial charge < -0.3 is 9.84 Å². The number of allylic oxidation sites excluding steroid dienone is 1. The number of carboxylic acid groups (broad SMARTS) is 1. The van der Waals surface area contributed by atoms with Crippen LogP contribution in [0.5, 0.6) is 5.75 Å². The molecule has 0 bridgehead atoms. The normalized spacial score (nSPS) is 13.6. The number of carbonyl (C=O) groups is 1. The maximum atomic E-state index is 11.0. The summed E-state index contributed by atoms with van der Waals surface area (Å²) in [5, 5.41) is 9.03. The predicted octanol–water partition coefficient (Wildman–Crippen LogP) is 1.99. The van der Waals surface area contributed by atoms with E-state index in [0.29, 0.717) is 11.4 Å². The average molecular weight is 204 g/mol. The molecule has 1 aliphatic rings. The van der Waals surface area contributed by atoms with Gasteiger partial charge in [-0.15, -0.1) is 0 Å². The van der Waals surface area contributed by atoms with Gasteiger partial charge in [0.05, 0.1) is 5.70 Å². The molecule has 2 rings (SSSR count). The third-order valence-corrected chi connectivity index (χ3v) is 1.93. The molecule has 1 N–H and O–H groups in total. The molecule has 0 saturated heterocycles. The number of nitrogens with zero attached hydrogens (tertiary/aromatic N) is 2. The van der Waals surface area contributed by atoms with E-state index in [-0.39, 0.29) is 5.82 Å². The fourth-order valence-corrected chi connectivity index (χ4v) is 1.28. The van der Waals surface area contributed by atoms with Gasteiger partial charge in [-0.3, -0.25) is 0 Å². The fourth-order valence-electron chi connectivity index (χ4n) is 1.28. The Morgan fingerprint density at radius 1 is 1.67 bits per heavy atom. The summed E-state index contributed by atoms with van der Waals surface area (Å²) in [7, 11) is 0. The number of hydrogen-bond donors (Lipinski definition) is 1. The van der Waals surface area contributed by atoms with E-state index in [0.717, 1.165) is 4.90 Å². The Labute approximate surface area is 85.9 Å². The van der Waals surface area contributed by atoms with Crippen molar-refractivity contribution in [2.45, 2.75) is 0 Å². The van der Waals surface area contributed by atoms with E-state index in [4.69, 9.17) is 9.84 Å². The molecule has 0 aliphatic carbocycles. The second-order valence-corrected chi connectivity index (χ2v) is 2.81. The van der Waals surface area contributed by atoms with Gasteiger partial charge in [-0.1, -0.05) is 6.58 Å². The minimum Gasteiger partial charge on any atom is -0.464 e. The highest BCUT2D eigenvalue weighted by molar-refractivity contribution is 5.91. The quantitative estimate of drug-likeness (QED) is 0.759. The zero-order valence-electron chi connectivity index (χ0n) is 7.75. The van der Waals surface area contributed by atoms with E-state index in [1.165, 1.54) is 18.5 Å². The van der Waals surface area contributed by atoms with Crippen molar-refractivity contribution in [1.82, 2.24) is 4.98 Å². The summed E-state index contributed by atoms with van der Waals surface area (Å²) in [6.07, 6.45) is 3.10. The zero-order valence-corrected chi connectivity index (χ0v) is 7.75. The molecule has 2 heterocycles. The third-order valence-electron chi connectivity index (χ3n) is 1.93. The SMILES string of the molecule is C=CC1=COc2cccnc2N1C(=O)O. The van der Waals surface area contributed by atoms with Crippen molar-refractivity contribution in [3.63, 3.8) is 0 Å². The lowest BCUT2D eigenvalue weighted by Gasteiger charge is -2.24. The number of anilines is 1. The van der Waals surface area contributed by atoms with Gasteiger partial charge in [0, 0.05) is 6.20 Å². The molecule has 0 unspecified atom stereocenters. The van der Waals surface area contributed by atoms with Crippen molar-refractivity contribution in [2.24, 2.45) is 0 Å². The van der Waals surface area contributed by atoms with Gasteiger partial charge in [-0.25, -0.2) is 14.7 Å². The summed E-state index contributed by atoms with van der Waals surface area (Å²) in [6, 6.07) is 3.32. The van der Waals surface area contributed by atoms with E-state index in [1.54, 1.807) is 12.1 Å². The lowest BCUT2D eigenvalue weighted by Crippen LogP contribution is -2.31. The van der Waals surface area contributed by atoms with E-state index in [1.807, 2.05) is 0 Å². The first-order chi connectivity index (χ1) is 7.24. The highest BCUT2D eigenvalue weighted by Crippen LogP contribution is 2.32. The predicted molar refractivity (Wildman–Crippen MR) is 53.6 cm³/mol. The van der Waals surface area contributed by atoms with Crippen LogP contribution in [0.2, 0.25) is 0 Å². The fraction of sp³-hybridized carbons (Fsp3) is 0. The van der Waals surface area contributed by atoms with Crippen LogP contribution in [0.15, 0.2) is 42.9 Å². The Hall–Kier alpha value is -2.30. The van der Waals surface area contributed by atoms with Crippen LogP contribution in [0.25, 0.3) is 0 Å². The molecule has 1 amide bonds. The summed E-state index contributed by atoms with van der Waals surface area (Å²) < 4.78 is 5.21. The number of pyridine rings is 1. The van der Waals surface area contributed by atoms with Gasteiger partial charge in [0.2, 0.25) is 0 Å². The smallest absolute Gasteiger partial charge is 0.417 e. The van der Waals surface area contributed by atoms with Crippen molar-refractivity contribution in [2.75, 3.05) is 4.90 Å². The average Bonchev–Trinajstić information content (AvgIpc) is 2.27. The molecule has 1 aromatic heterocycles. The van der Waals surface area contributed by atoms with Crippen LogP contribution in [-0.4, -0.2) is 16.2 Å². The Morgan fingerprint density at radius 2 is 2.47 bits per heavy atom. The molecule has 0 atom stereocenters. The van der Waals surface area contributed by atoms with E-state index < -0.39 is 6.09 Å². The molecule has 15 heavy (non-hydrogen) atoms. The van der Waals surface area contributed by atoms with Crippen LogP contribution in [0.1, 0.15) is 0 Å². The lowest BCUT2D eigenvalue weighted by molar-refractivity contribution is 0.203. The standard InChI is InChI=1S/C10H8N2O3/c1-2-7-6-15-8-4-3-5-11-9(8)12(7)10(13)14/h2-6H,1H2,(H,13,14). The molecular weight excluding hydrogens is 196 g/mol. The van der Waals surface area contributed by atoms with Crippen molar-refractivity contribution >= 4 is 11.9 Å². The Morgan fingerprint density at radius 3 is 3.13 bits per heavy atom. The van der Waals surface area contributed by atoms with Crippen molar-refractivity contribution in [3.8, 4) is 5.75 Å². The highest BCUT2D eigenvalue weighted by Gasteiger charge is 2.26. The minimum atomic E-state index is -1.12. The maximum absolute atomic E-state index is 11.0. The molecule has 0 spiro atoms. The van der Waals surface area contributed by atoms with Crippen molar-refractivity contribution in [3.05, 3.63) is 42.9 Å². The second kappa shape index (κ2) is 3.45. The first-order valence-corrected chi connectivity index (χ1v) is 4.21. The van der Waals surface area contributed by atoms with Crippen molar-refractivity contribution in [1.29, 1.82) is 0 Å². The van der Waals surface area contributed by atoms with Gasteiger partial charge in [-0.2, -0.15) is 0 Å². The Bertz CT molecular complexity index is 454. The lowest BCUT2D eigenvalue weighted by atomic mass is 10.3. The van der Waals surface area contributed by atoms with Crippen LogP contribution in [0.4, 0.5) is 10.6 Å². The van der Waals surface area contributed by atoms with Crippen LogP contribution in [0.3, 0.4) is 0 Å². The largest absolute Gasteiger partial charge is 0.464 e. The number of hydrogen-bond acceptors (Lipinski definition) is 3. The van der Waals surface area contributed by atoms with E-state index in [2.05, 4.69) is 11.6 Å². The van der Waals surface area contributed by atoms with Crippen LogP contribution < -0.4 is 9.64 Å². The maximum Gasteiger partial charge on any atom is 0.417 e. The Balaban J connectivity index is 2.54. The molecule has 76 valence electrons. The monoisotopic (exact) mass is 204 g/mol. The molecule has 1 aliphatic heterocycles. The highest BCUT2D eigenvalue weighted by atomic mass is 16.5. The molecule has 1 aromatic rings. The summed E-state index contributed by atoms with van der Waals surface area (Å²) >= 11 is 0. The molecule has 0 radical (unpaired) electrons. The topological polar surface area (TPSA) is 62.7 Å². The van der Waals surface area contributed by atoms with Gasteiger partial charge in [0.1, 0.15) is 6.26 Å². The first kappa shape index (κ1) is 9.26. The van der Waals surface area contributed by atoms with Crippen LogP contribution in [0, 0.1) is 0 Å². The molecule has 5 heteroatoms. The number of fused-ring (bicyclic) bond motifs is 1. The van der Waals surface area contributed by atoms with Gasteiger partial charge >= 0.3 is 6.09 Å². The van der Waals surface area contributed by atoms with Crippen LogP contribution in [-0.2, 0) is 0 Å². The number of rotatable bonds is 1. The zero-order chi connectivity index (χ0) is 10.8. The molecule has 5 nitrogen and oxygen atoms in total. The Kier molecular flexibility index (Phi) is 2.13. The molecular formula is C10H8N2O3. The second-order valence-electron chi connectivity index (χ2n) is 2.81. The van der Waals surface area contributed by atoms with Gasteiger partial charge in [0.15, 0.2) is 11.6 Å². The summed E-state index contributed by atoms with van der Waals surface area (Å²) in [6.45, 7) is 3.51. The first-order valence-electron chi connectivity index (χ1n) is 4.21. The van der Waals surface area contributed by atoms with Crippen LogP contribution >= 0.6 is 0 Å². The van der Waals surface area contributed by atoms with Crippen molar-refractivity contribution < 1.29 is 14.6 Å². The molecule has 0 fully saturated rings. The van der Waals surface area contributed by atoms with Gasteiger partial charge in [-0.05, 0) is 18.2 Å². The summed E-state index contributed by atoms with van der Waals surface area (Å²) in [4.78, 5) is 16.0. The minimum absolute atomic E-state index is 0.252. The number of amides is 1. The number of ether oxygens (including phenoxy) is 1. The molecule has 0 aromatic carbocycles. The summed E-state index contributed by atoms with van der Waals surface area (Å²) in [5.41, 5.74) is 0.341. The van der Waals surface area contributed by atoms with E-state index >= 15 is 0 Å². The van der Waals surface area contributed by atoms with E-state index in [9.17, 15) is 4.79 Å². The number of aromatic nitrogens is 1. The third kappa shape index (κ3) is 1.43. The molecule has 0 saturated carbocycles.